The molecule has 0 aliphatic rings. The predicted octanol–water partition coefficient (Wildman–Crippen LogP) is 4.83. The Morgan fingerprint density at radius 2 is 1.92 bits per heavy atom. The Kier molecular flexibility index (Phi) is 8.85. The Bertz CT molecular complexity index is 1420. The molecule has 0 fully saturated rings. The number of carbonyl (C=O) groups excluding carboxylic acids is 1. The number of aromatic nitrogens is 4. The van der Waals surface area contributed by atoms with E-state index in [-0.39, 0.29) is 28.7 Å². The second-order valence-corrected chi connectivity index (χ2v) is 10.2. The average molecular weight is 535 g/mol. The van der Waals surface area contributed by atoms with Crippen molar-refractivity contribution in [3.8, 4) is 11.3 Å². The number of carbonyl (C=O) groups is 1. The number of hydrogen-bond donors (Lipinski definition) is 3. The van der Waals surface area contributed by atoms with Gasteiger partial charge in [0.2, 0.25) is 0 Å². The minimum absolute atomic E-state index is 0.0302. The zero-order chi connectivity index (χ0) is 27.2. The summed E-state index contributed by atoms with van der Waals surface area (Å²) in [5.41, 5.74) is 3.72. The van der Waals surface area contributed by atoms with Crippen molar-refractivity contribution in [1.82, 2.24) is 25.3 Å². The first kappa shape index (κ1) is 27.4. The third-order valence-corrected chi connectivity index (χ3v) is 7.10. The van der Waals surface area contributed by atoms with Crippen molar-refractivity contribution in [1.29, 1.82) is 0 Å². The van der Waals surface area contributed by atoms with Crippen LogP contribution in [-0.2, 0) is 0 Å². The molecule has 4 rings (SSSR count). The molecule has 0 radical (unpaired) electrons. The van der Waals surface area contributed by atoms with Gasteiger partial charge in [0.25, 0.3) is 5.91 Å². The lowest BCUT2D eigenvalue weighted by atomic mass is 9.95. The molecule has 0 aliphatic heterocycles. The van der Waals surface area contributed by atoms with E-state index in [4.69, 9.17) is 0 Å². The van der Waals surface area contributed by atoms with E-state index >= 15 is 0 Å². The molecule has 2 atom stereocenters. The number of rotatable bonds is 10. The van der Waals surface area contributed by atoms with Crippen molar-refractivity contribution in [2.24, 2.45) is 5.92 Å². The number of thioether (sulfide) groups is 1. The van der Waals surface area contributed by atoms with Crippen LogP contribution in [0.15, 0.2) is 55.1 Å². The van der Waals surface area contributed by atoms with E-state index in [1.807, 2.05) is 38.3 Å². The normalized spacial score (nSPS) is 12.9. The number of pyridine rings is 2. The highest BCUT2D eigenvalue weighted by molar-refractivity contribution is 7.98. The standard InChI is InChI=1S/C28H31FN6O2S/c1-16(2)27(36)22-8-5-17(12-32-22)23-11-24(35-15-34-23)33-13-18(14-38-4)19-6-7-21(29)25-20(28(37)30-3)9-10-31-26(19)25/h5-12,15-16,18,27,36H,13-14H2,1-4H3,(H,30,37)(H,33,34,35). The van der Waals surface area contributed by atoms with Crippen molar-refractivity contribution >= 4 is 34.4 Å². The summed E-state index contributed by atoms with van der Waals surface area (Å²) in [6.45, 7) is 4.40. The summed E-state index contributed by atoms with van der Waals surface area (Å²) in [5.74, 6) is 0.590. The lowest BCUT2D eigenvalue weighted by Crippen LogP contribution is -2.20. The van der Waals surface area contributed by atoms with Crippen LogP contribution in [0.3, 0.4) is 0 Å². The fraction of sp³-hybridized carbons (Fsp3) is 0.321. The Hall–Kier alpha value is -3.63. The molecular formula is C28H31FN6O2S. The van der Waals surface area contributed by atoms with E-state index in [1.165, 1.54) is 31.7 Å². The third-order valence-electron chi connectivity index (χ3n) is 6.37. The molecule has 3 aromatic heterocycles. The number of amides is 1. The van der Waals surface area contributed by atoms with Crippen LogP contribution in [0.5, 0.6) is 0 Å². The van der Waals surface area contributed by atoms with Crippen molar-refractivity contribution in [3.05, 3.63) is 77.8 Å². The second kappa shape index (κ2) is 12.3. The third kappa shape index (κ3) is 5.92. The van der Waals surface area contributed by atoms with Gasteiger partial charge in [0.15, 0.2) is 0 Å². The van der Waals surface area contributed by atoms with Crippen LogP contribution in [0.4, 0.5) is 10.2 Å². The zero-order valence-electron chi connectivity index (χ0n) is 21.8. The predicted molar refractivity (Wildman–Crippen MR) is 150 cm³/mol. The molecule has 198 valence electrons. The lowest BCUT2D eigenvalue weighted by molar-refractivity contribution is 0.0964. The maximum Gasteiger partial charge on any atom is 0.251 e. The minimum Gasteiger partial charge on any atom is -0.387 e. The van der Waals surface area contributed by atoms with Gasteiger partial charge in [-0.15, -0.1) is 0 Å². The second-order valence-electron chi connectivity index (χ2n) is 9.28. The Balaban J connectivity index is 1.59. The number of nitrogens with one attached hydrogen (secondary N) is 2. The van der Waals surface area contributed by atoms with Crippen molar-refractivity contribution in [2.75, 3.05) is 30.9 Å². The molecule has 2 unspecified atom stereocenters. The first-order chi connectivity index (χ1) is 18.3. The van der Waals surface area contributed by atoms with Crippen molar-refractivity contribution < 1.29 is 14.3 Å². The van der Waals surface area contributed by atoms with E-state index in [2.05, 4.69) is 30.6 Å². The number of halogens is 1. The molecule has 1 amide bonds. The van der Waals surface area contributed by atoms with E-state index in [0.717, 1.165) is 16.9 Å². The maximum absolute atomic E-state index is 14.9. The highest BCUT2D eigenvalue weighted by Gasteiger charge is 2.21. The van der Waals surface area contributed by atoms with E-state index < -0.39 is 11.9 Å². The molecule has 38 heavy (non-hydrogen) atoms. The van der Waals surface area contributed by atoms with Crippen molar-refractivity contribution in [2.45, 2.75) is 25.9 Å². The summed E-state index contributed by atoms with van der Waals surface area (Å²) in [5, 5.41) is 16.4. The van der Waals surface area contributed by atoms with E-state index in [0.29, 0.717) is 29.3 Å². The summed E-state index contributed by atoms with van der Waals surface area (Å²) < 4.78 is 14.9. The zero-order valence-corrected chi connectivity index (χ0v) is 22.6. The fourth-order valence-electron chi connectivity index (χ4n) is 4.27. The molecule has 0 bridgehead atoms. The molecule has 0 saturated heterocycles. The largest absolute Gasteiger partial charge is 0.387 e. The summed E-state index contributed by atoms with van der Waals surface area (Å²) in [7, 11) is 1.52. The molecule has 1 aromatic carbocycles. The smallest absolute Gasteiger partial charge is 0.251 e. The van der Waals surface area contributed by atoms with Gasteiger partial charge in [-0.05, 0) is 42.0 Å². The minimum atomic E-state index is -0.621. The number of aliphatic hydroxyl groups is 1. The molecular weight excluding hydrogens is 503 g/mol. The summed E-state index contributed by atoms with van der Waals surface area (Å²) >= 11 is 1.67. The molecule has 3 heterocycles. The van der Waals surface area contributed by atoms with Gasteiger partial charge in [-0.2, -0.15) is 11.8 Å². The molecule has 0 aliphatic carbocycles. The number of benzene rings is 1. The molecule has 4 aromatic rings. The highest BCUT2D eigenvalue weighted by atomic mass is 32.2. The van der Waals surface area contributed by atoms with Gasteiger partial charge in [-0.3, -0.25) is 14.8 Å². The number of aliphatic hydroxyl groups excluding tert-OH is 1. The molecule has 8 nitrogen and oxygen atoms in total. The quantitative estimate of drug-likeness (QED) is 0.265. The lowest BCUT2D eigenvalue weighted by Gasteiger charge is -2.20. The van der Waals surface area contributed by atoms with Gasteiger partial charge in [0.05, 0.1) is 28.6 Å². The van der Waals surface area contributed by atoms with Crippen LogP contribution in [0, 0.1) is 11.7 Å². The van der Waals surface area contributed by atoms with Gasteiger partial charge in [-0.25, -0.2) is 14.4 Å². The first-order valence-corrected chi connectivity index (χ1v) is 13.7. The Morgan fingerprint density at radius 1 is 1.11 bits per heavy atom. The van der Waals surface area contributed by atoms with Gasteiger partial charge in [-0.1, -0.05) is 19.9 Å². The number of hydrogen-bond acceptors (Lipinski definition) is 8. The summed E-state index contributed by atoms with van der Waals surface area (Å²) in [6.07, 6.45) is 6.12. The molecule has 0 spiro atoms. The van der Waals surface area contributed by atoms with Crippen molar-refractivity contribution in [3.63, 3.8) is 0 Å². The van der Waals surface area contributed by atoms with E-state index in [9.17, 15) is 14.3 Å². The SMILES string of the molecule is CNC(=O)c1ccnc2c(C(CNc3cc(-c4ccc(C(O)C(C)C)nc4)ncn3)CSC)ccc(F)c12. The monoisotopic (exact) mass is 534 g/mol. The molecule has 10 heteroatoms. The van der Waals surface area contributed by atoms with Crippen LogP contribution in [0.25, 0.3) is 22.2 Å². The number of anilines is 1. The summed E-state index contributed by atoms with van der Waals surface area (Å²) in [6, 6.07) is 10.2. The van der Waals surface area contributed by atoms with Gasteiger partial charge in [0, 0.05) is 54.7 Å². The van der Waals surface area contributed by atoms with Crippen LogP contribution < -0.4 is 10.6 Å². The van der Waals surface area contributed by atoms with Crippen LogP contribution >= 0.6 is 11.8 Å². The van der Waals surface area contributed by atoms with Crippen LogP contribution in [0.1, 0.15) is 47.5 Å². The fourth-order valence-corrected chi connectivity index (χ4v) is 4.97. The van der Waals surface area contributed by atoms with E-state index in [1.54, 1.807) is 24.0 Å². The van der Waals surface area contributed by atoms with Crippen LogP contribution in [-0.4, -0.2) is 56.6 Å². The van der Waals surface area contributed by atoms with Gasteiger partial charge < -0.3 is 15.7 Å². The first-order valence-electron chi connectivity index (χ1n) is 12.3. The van der Waals surface area contributed by atoms with Gasteiger partial charge >= 0.3 is 0 Å². The average Bonchev–Trinajstić information content (AvgIpc) is 2.94. The topological polar surface area (TPSA) is 113 Å². The summed E-state index contributed by atoms with van der Waals surface area (Å²) in [4.78, 5) is 30.0. The Labute approximate surface area is 225 Å². The van der Waals surface area contributed by atoms with Gasteiger partial charge in [0.1, 0.15) is 18.0 Å². The highest BCUT2D eigenvalue weighted by Crippen LogP contribution is 2.31. The van der Waals surface area contributed by atoms with Crippen LogP contribution in [0.2, 0.25) is 0 Å². The molecule has 3 N–H and O–H groups in total. The number of fused-ring (bicyclic) bond motifs is 1. The maximum atomic E-state index is 14.9. The number of nitrogens with zero attached hydrogens (tertiary/aromatic N) is 4. The Morgan fingerprint density at radius 3 is 2.61 bits per heavy atom. The molecule has 0 saturated carbocycles.